The van der Waals surface area contributed by atoms with Gasteiger partial charge in [0.1, 0.15) is 8.07 Å². The second-order valence-electron chi connectivity index (χ2n) is 12.4. The highest BCUT2D eigenvalue weighted by atomic mass is 32.1. The topological polar surface area (TPSA) is 12.9 Å². The molecule has 0 unspecified atom stereocenters. The van der Waals surface area contributed by atoms with Crippen molar-refractivity contribution in [3.63, 3.8) is 0 Å². The van der Waals surface area contributed by atoms with Gasteiger partial charge >= 0.3 is 0 Å². The summed E-state index contributed by atoms with van der Waals surface area (Å²) in [5.41, 5.74) is 6.86. The molecule has 3 heteroatoms. The molecule has 3 heterocycles. The molecule has 1 nitrogen and oxygen atoms in total. The van der Waals surface area contributed by atoms with Gasteiger partial charge in [-0.25, -0.2) is 0 Å². The van der Waals surface area contributed by atoms with Crippen LogP contribution in [-0.2, 0) is 11.8 Å². The molecule has 0 atom stereocenters. The van der Waals surface area contributed by atoms with Crippen molar-refractivity contribution < 1.29 is 0 Å². The number of hydrogen-bond donors (Lipinski definition) is 0. The van der Waals surface area contributed by atoms with Gasteiger partial charge in [-0.15, -0.1) is 11.3 Å². The van der Waals surface area contributed by atoms with Crippen molar-refractivity contribution in [1.82, 2.24) is 4.98 Å². The molecule has 1 aliphatic heterocycles. The van der Waals surface area contributed by atoms with Crippen molar-refractivity contribution in [3.8, 4) is 21.7 Å². The normalized spacial score (nSPS) is 14.6. The molecule has 6 rings (SSSR count). The molecule has 3 aromatic carbocycles. The van der Waals surface area contributed by atoms with Gasteiger partial charge in [-0.1, -0.05) is 90.2 Å². The first kappa shape index (κ1) is 23.6. The summed E-state index contributed by atoms with van der Waals surface area (Å²) in [6.45, 7) is 16.7. The molecular weight excluding hydrogens is 471 g/mol. The highest BCUT2D eigenvalue weighted by Gasteiger charge is 2.42. The van der Waals surface area contributed by atoms with Crippen LogP contribution in [-0.4, -0.2) is 13.1 Å². The largest absolute Gasteiger partial charge is 0.255 e. The van der Waals surface area contributed by atoms with Gasteiger partial charge in [0, 0.05) is 16.6 Å². The molecule has 182 valence electrons. The third-order valence-corrected chi connectivity index (χ3v) is 12.9. The van der Waals surface area contributed by atoms with E-state index >= 15 is 0 Å². The molecule has 0 spiro atoms. The van der Waals surface area contributed by atoms with Gasteiger partial charge in [-0.2, -0.15) is 0 Å². The van der Waals surface area contributed by atoms with Crippen molar-refractivity contribution in [2.45, 2.75) is 59.5 Å². The van der Waals surface area contributed by atoms with E-state index in [4.69, 9.17) is 4.98 Å². The summed E-state index contributed by atoms with van der Waals surface area (Å²) in [7, 11) is -1.83. The van der Waals surface area contributed by atoms with E-state index in [9.17, 15) is 0 Å². The molecule has 0 amide bonds. The van der Waals surface area contributed by atoms with Crippen molar-refractivity contribution in [1.29, 1.82) is 0 Å². The van der Waals surface area contributed by atoms with E-state index in [1.54, 1.807) is 15.9 Å². The minimum Gasteiger partial charge on any atom is -0.255 e. The zero-order valence-corrected chi connectivity index (χ0v) is 24.3. The van der Waals surface area contributed by atoms with Crippen molar-refractivity contribution in [2.75, 3.05) is 0 Å². The van der Waals surface area contributed by atoms with Crippen LogP contribution < -0.4 is 10.4 Å². The zero-order valence-electron chi connectivity index (χ0n) is 22.5. The third kappa shape index (κ3) is 3.51. The van der Waals surface area contributed by atoms with Crippen molar-refractivity contribution in [2.24, 2.45) is 5.92 Å². The van der Waals surface area contributed by atoms with E-state index in [1.807, 2.05) is 17.5 Å². The fourth-order valence-electron chi connectivity index (χ4n) is 6.37. The Morgan fingerprint density at radius 2 is 1.67 bits per heavy atom. The van der Waals surface area contributed by atoms with Crippen LogP contribution >= 0.6 is 11.3 Å². The number of hydrogen-bond acceptors (Lipinski definition) is 2. The Labute approximate surface area is 220 Å². The third-order valence-electron chi connectivity index (χ3n) is 7.82. The SMILES string of the molecule is CC(C)Cc1cccc2c1[Si](C)(C)c1c-2sc2c(-c3cc(C(C)(C)C)c4ccccc4c3)nccc12. The Balaban J connectivity index is 1.62. The van der Waals surface area contributed by atoms with Crippen LogP contribution in [0.3, 0.4) is 0 Å². The van der Waals surface area contributed by atoms with Crippen LogP contribution in [0.25, 0.3) is 42.6 Å². The first-order valence-corrected chi connectivity index (χ1v) is 17.0. The summed E-state index contributed by atoms with van der Waals surface area (Å²) >= 11 is 1.97. The second kappa shape index (κ2) is 8.13. The molecule has 2 aromatic heterocycles. The highest BCUT2D eigenvalue weighted by Crippen LogP contribution is 2.43. The Hall–Kier alpha value is -2.75. The molecule has 1 aliphatic rings. The van der Waals surface area contributed by atoms with Crippen LogP contribution in [0.4, 0.5) is 0 Å². The fourth-order valence-corrected chi connectivity index (χ4v) is 12.4. The average molecular weight is 506 g/mol. The first-order valence-electron chi connectivity index (χ1n) is 13.2. The number of benzene rings is 3. The summed E-state index contributed by atoms with van der Waals surface area (Å²) in [6, 6.07) is 22.8. The highest BCUT2D eigenvalue weighted by molar-refractivity contribution is 7.28. The Morgan fingerprint density at radius 3 is 2.42 bits per heavy atom. The van der Waals surface area contributed by atoms with Crippen molar-refractivity contribution in [3.05, 3.63) is 78.0 Å². The average Bonchev–Trinajstić information content (AvgIpc) is 3.32. The Morgan fingerprint density at radius 1 is 0.889 bits per heavy atom. The lowest BCUT2D eigenvalue weighted by molar-refractivity contribution is 0.596. The summed E-state index contributed by atoms with van der Waals surface area (Å²) < 4.78 is 1.35. The molecule has 36 heavy (non-hydrogen) atoms. The molecule has 0 saturated carbocycles. The number of pyridine rings is 1. The van der Waals surface area contributed by atoms with Gasteiger partial charge in [0.15, 0.2) is 0 Å². The smallest absolute Gasteiger partial charge is 0.116 e. The van der Waals surface area contributed by atoms with Crippen LogP contribution in [0.1, 0.15) is 45.7 Å². The molecule has 0 saturated heterocycles. The molecule has 5 aromatic rings. The molecule has 0 N–H and O–H groups in total. The number of aromatic nitrogens is 1. The van der Waals surface area contributed by atoms with Gasteiger partial charge in [0.2, 0.25) is 0 Å². The van der Waals surface area contributed by atoms with Gasteiger partial charge in [0.05, 0.1) is 10.4 Å². The van der Waals surface area contributed by atoms with E-state index in [2.05, 4.69) is 108 Å². The second-order valence-corrected chi connectivity index (χ2v) is 17.7. The lowest BCUT2D eigenvalue weighted by Crippen LogP contribution is -2.50. The predicted molar refractivity (Wildman–Crippen MR) is 162 cm³/mol. The Kier molecular flexibility index (Phi) is 5.33. The monoisotopic (exact) mass is 505 g/mol. The van der Waals surface area contributed by atoms with Crippen LogP contribution in [0.2, 0.25) is 13.1 Å². The molecular formula is C33H35NSSi. The number of fused-ring (bicyclic) bond motifs is 6. The maximum Gasteiger partial charge on any atom is 0.116 e. The predicted octanol–water partition coefficient (Wildman–Crippen LogP) is 8.42. The van der Waals surface area contributed by atoms with E-state index in [-0.39, 0.29) is 5.41 Å². The maximum atomic E-state index is 5.01. The number of rotatable bonds is 3. The van der Waals surface area contributed by atoms with E-state index in [0.717, 1.165) is 12.1 Å². The maximum absolute atomic E-state index is 5.01. The Bertz CT molecular complexity index is 1650. The zero-order chi connectivity index (χ0) is 25.4. The minimum absolute atomic E-state index is 0.0569. The molecule has 0 bridgehead atoms. The van der Waals surface area contributed by atoms with E-state index in [0.29, 0.717) is 5.92 Å². The summed E-state index contributed by atoms with van der Waals surface area (Å²) in [6.07, 6.45) is 3.20. The van der Waals surface area contributed by atoms with Gasteiger partial charge in [-0.05, 0) is 79.2 Å². The molecule has 0 fully saturated rings. The van der Waals surface area contributed by atoms with Crippen LogP contribution in [0, 0.1) is 5.92 Å². The van der Waals surface area contributed by atoms with Gasteiger partial charge in [0.25, 0.3) is 0 Å². The molecule has 0 radical (unpaired) electrons. The lowest BCUT2D eigenvalue weighted by atomic mass is 9.82. The summed E-state index contributed by atoms with van der Waals surface area (Å²) in [4.78, 5) is 6.50. The number of thiophene rings is 1. The van der Waals surface area contributed by atoms with E-state index < -0.39 is 8.07 Å². The fraction of sp³-hybridized carbons (Fsp3) is 0.303. The first-order chi connectivity index (χ1) is 17.1. The van der Waals surface area contributed by atoms with E-state index in [1.165, 1.54) is 42.4 Å². The number of nitrogens with zero attached hydrogens (tertiary/aromatic N) is 1. The van der Waals surface area contributed by atoms with Crippen molar-refractivity contribution >= 4 is 50.6 Å². The summed E-state index contributed by atoms with van der Waals surface area (Å²) in [5.74, 6) is 0.664. The minimum atomic E-state index is -1.83. The lowest BCUT2D eigenvalue weighted by Gasteiger charge is -2.24. The van der Waals surface area contributed by atoms with Crippen LogP contribution in [0.15, 0.2) is 66.9 Å². The quantitative estimate of drug-likeness (QED) is 0.224. The molecule has 0 aliphatic carbocycles. The van der Waals surface area contributed by atoms with Crippen LogP contribution in [0.5, 0.6) is 0 Å². The van der Waals surface area contributed by atoms with Gasteiger partial charge < -0.3 is 0 Å². The van der Waals surface area contributed by atoms with Gasteiger partial charge in [-0.3, -0.25) is 4.98 Å². The summed E-state index contributed by atoms with van der Waals surface area (Å²) in [5, 5.41) is 7.35. The standard InChI is InChI=1S/C33H35NSSi/c1-20(2)17-22-12-10-14-25-30-32(36(6,7)31(22)25)26-15-16-34-28(29(26)35-30)23-18-21-11-8-9-13-24(21)27(19-23)33(3,4)5/h8-16,18-20H,17H2,1-7H3.